The van der Waals surface area contributed by atoms with E-state index in [1.54, 1.807) is 0 Å². The Kier molecular flexibility index (Phi) is 2.59. The second-order valence-corrected chi connectivity index (χ2v) is 5.63. The molecule has 1 saturated carbocycles. The van der Waals surface area contributed by atoms with Gasteiger partial charge < -0.3 is 4.90 Å². The van der Waals surface area contributed by atoms with Crippen LogP contribution in [0.2, 0.25) is 0 Å². The van der Waals surface area contributed by atoms with Crippen molar-refractivity contribution in [1.29, 1.82) is 5.26 Å². The molecule has 1 aliphatic carbocycles. The van der Waals surface area contributed by atoms with E-state index >= 15 is 0 Å². The highest BCUT2D eigenvalue weighted by Crippen LogP contribution is 2.46. The number of carbonyl (C=O) groups is 1. The molecule has 92 valence electrons. The van der Waals surface area contributed by atoms with Crippen LogP contribution in [0.1, 0.15) is 32.1 Å². The SMILES string of the molecule is N#CC1(C(=O)N2CCN3CCCCC3C2)CC1. The lowest BCUT2D eigenvalue weighted by molar-refractivity contribution is -0.138. The average Bonchev–Trinajstić information content (AvgIpc) is 3.18. The maximum absolute atomic E-state index is 12.3. The van der Waals surface area contributed by atoms with Gasteiger partial charge in [-0.1, -0.05) is 6.42 Å². The van der Waals surface area contributed by atoms with Gasteiger partial charge in [0.15, 0.2) is 0 Å². The van der Waals surface area contributed by atoms with Crippen molar-refractivity contribution in [2.45, 2.75) is 38.1 Å². The second kappa shape index (κ2) is 3.99. The third-order valence-electron chi connectivity index (χ3n) is 4.50. The first-order chi connectivity index (χ1) is 8.25. The number of piperazine rings is 1. The number of fused-ring (bicyclic) bond motifs is 1. The average molecular weight is 233 g/mol. The van der Waals surface area contributed by atoms with Crippen molar-refractivity contribution in [3.63, 3.8) is 0 Å². The molecule has 0 aromatic carbocycles. The smallest absolute Gasteiger partial charge is 0.243 e. The molecule has 3 rings (SSSR count). The first kappa shape index (κ1) is 11.0. The van der Waals surface area contributed by atoms with Gasteiger partial charge in [0, 0.05) is 25.7 Å². The van der Waals surface area contributed by atoms with Crippen LogP contribution in [0.5, 0.6) is 0 Å². The molecule has 0 aromatic heterocycles. The molecule has 2 heterocycles. The highest BCUT2D eigenvalue weighted by Gasteiger charge is 2.53. The third-order valence-corrected chi connectivity index (χ3v) is 4.50. The number of nitrogens with zero attached hydrogens (tertiary/aromatic N) is 3. The molecule has 0 bridgehead atoms. The van der Waals surface area contributed by atoms with Gasteiger partial charge in [-0.15, -0.1) is 0 Å². The van der Waals surface area contributed by atoms with Crippen LogP contribution in [0.25, 0.3) is 0 Å². The molecule has 0 spiro atoms. The van der Waals surface area contributed by atoms with Crippen LogP contribution in [0.15, 0.2) is 0 Å². The molecule has 2 saturated heterocycles. The number of piperidine rings is 1. The highest BCUT2D eigenvalue weighted by molar-refractivity contribution is 5.88. The Hall–Kier alpha value is -1.08. The zero-order chi connectivity index (χ0) is 11.9. The summed E-state index contributed by atoms with van der Waals surface area (Å²) in [4.78, 5) is 16.7. The molecule has 17 heavy (non-hydrogen) atoms. The minimum absolute atomic E-state index is 0.102. The van der Waals surface area contributed by atoms with Gasteiger partial charge in [0.1, 0.15) is 5.41 Å². The minimum Gasteiger partial charge on any atom is -0.338 e. The zero-order valence-electron chi connectivity index (χ0n) is 10.2. The lowest BCUT2D eigenvalue weighted by atomic mass is 9.98. The van der Waals surface area contributed by atoms with Crippen molar-refractivity contribution in [2.24, 2.45) is 5.41 Å². The molecular formula is C13H19N3O. The van der Waals surface area contributed by atoms with Crippen molar-refractivity contribution in [1.82, 2.24) is 9.80 Å². The molecule has 2 aliphatic heterocycles. The van der Waals surface area contributed by atoms with Crippen molar-refractivity contribution in [3.8, 4) is 6.07 Å². The Morgan fingerprint density at radius 1 is 1.24 bits per heavy atom. The van der Waals surface area contributed by atoms with Crippen LogP contribution < -0.4 is 0 Å². The quantitative estimate of drug-likeness (QED) is 0.678. The number of hydrogen-bond donors (Lipinski definition) is 0. The Morgan fingerprint density at radius 2 is 2.06 bits per heavy atom. The van der Waals surface area contributed by atoms with Crippen molar-refractivity contribution >= 4 is 5.91 Å². The van der Waals surface area contributed by atoms with Gasteiger partial charge in [-0.05, 0) is 32.2 Å². The van der Waals surface area contributed by atoms with Gasteiger partial charge in [-0.2, -0.15) is 5.26 Å². The molecule has 1 atom stereocenters. The summed E-state index contributed by atoms with van der Waals surface area (Å²) >= 11 is 0. The van der Waals surface area contributed by atoms with E-state index in [0.29, 0.717) is 6.04 Å². The van der Waals surface area contributed by atoms with Crippen LogP contribution in [-0.4, -0.2) is 47.9 Å². The van der Waals surface area contributed by atoms with Gasteiger partial charge in [0.25, 0.3) is 0 Å². The van der Waals surface area contributed by atoms with Gasteiger partial charge in [0.2, 0.25) is 5.91 Å². The predicted octanol–water partition coefficient (Wildman–Crippen LogP) is 0.987. The van der Waals surface area contributed by atoms with E-state index in [0.717, 1.165) is 32.5 Å². The van der Waals surface area contributed by atoms with Crippen LogP contribution >= 0.6 is 0 Å². The second-order valence-electron chi connectivity index (χ2n) is 5.63. The molecule has 3 aliphatic rings. The summed E-state index contributed by atoms with van der Waals surface area (Å²) in [6, 6.07) is 2.77. The van der Waals surface area contributed by atoms with Crippen LogP contribution in [0.4, 0.5) is 0 Å². The molecule has 4 nitrogen and oxygen atoms in total. The minimum atomic E-state index is -0.628. The molecule has 4 heteroatoms. The summed E-state index contributed by atoms with van der Waals surface area (Å²) < 4.78 is 0. The van der Waals surface area contributed by atoms with E-state index in [9.17, 15) is 4.79 Å². The monoisotopic (exact) mass is 233 g/mol. The normalized spacial score (nSPS) is 31.5. The van der Waals surface area contributed by atoms with Crippen LogP contribution in [-0.2, 0) is 4.79 Å². The largest absolute Gasteiger partial charge is 0.338 e. The van der Waals surface area contributed by atoms with Gasteiger partial charge >= 0.3 is 0 Å². The zero-order valence-corrected chi connectivity index (χ0v) is 10.2. The maximum atomic E-state index is 12.3. The van der Waals surface area contributed by atoms with E-state index in [2.05, 4.69) is 11.0 Å². The summed E-state index contributed by atoms with van der Waals surface area (Å²) in [6.07, 6.45) is 5.34. The predicted molar refractivity (Wildman–Crippen MR) is 63.1 cm³/mol. The maximum Gasteiger partial charge on any atom is 0.243 e. The third kappa shape index (κ3) is 1.83. The Bertz CT molecular complexity index is 369. The van der Waals surface area contributed by atoms with Gasteiger partial charge in [0.05, 0.1) is 6.07 Å². The molecule has 0 radical (unpaired) electrons. The summed E-state index contributed by atoms with van der Waals surface area (Å²) in [6.45, 7) is 3.86. The van der Waals surface area contributed by atoms with E-state index in [-0.39, 0.29) is 5.91 Å². The molecule has 0 aromatic rings. The summed E-state index contributed by atoms with van der Waals surface area (Å²) in [5.41, 5.74) is -0.628. The first-order valence-electron chi connectivity index (χ1n) is 6.70. The Labute approximate surface area is 102 Å². The fraction of sp³-hybridized carbons (Fsp3) is 0.846. The molecule has 3 fully saturated rings. The lowest BCUT2D eigenvalue weighted by Crippen LogP contribution is -2.57. The van der Waals surface area contributed by atoms with E-state index in [1.165, 1.54) is 25.8 Å². The molecule has 1 unspecified atom stereocenters. The standard InChI is InChI=1S/C13H19N3O/c14-10-13(4-5-13)12(17)16-8-7-15-6-2-1-3-11(15)9-16/h11H,1-9H2. The summed E-state index contributed by atoms with van der Waals surface area (Å²) in [5.74, 6) is 0.102. The number of nitriles is 1. The number of carbonyl (C=O) groups excluding carboxylic acids is 1. The van der Waals surface area contributed by atoms with E-state index < -0.39 is 5.41 Å². The van der Waals surface area contributed by atoms with Crippen molar-refractivity contribution < 1.29 is 4.79 Å². The summed E-state index contributed by atoms with van der Waals surface area (Å²) in [7, 11) is 0. The number of amides is 1. The van der Waals surface area contributed by atoms with E-state index in [4.69, 9.17) is 5.26 Å². The van der Waals surface area contributed by atoms with E-state index in [1.807, 2.05) is 4.90 Å². The fourth-order valence-corrected chi connectivity index (χ4v) is 3.14. The summed E-state index contributed by atoms with van der Waals surface area (Å²) in [5, 5.41) is 9.08. The van der Waals surface area contributed by atoms with Crippen molar-refractivity contribution in [3.05, 3.63) is 0 Å². The topological polar surface area (TPSA) is 47.3 Å². The number of rotatable bonds is 1. The van der Waals surface area contributed by atoms with Crippen LogP contribution in [0, 0.1) is 16.7 Å². The van der Waals surface area contributed by atoms with Crippen LogP contribution in [0.3, 0.4) is 0 Å². The van der Waals surface area contributed by atoms with Gasteiger partial charge in [-0.25, -0.2) is 0 Å². The Balaban J connectivity index is 1.66. The lowest BCUT2D eigenvalue weighted by Gasteiger charge is -2.44. The molecular weight excluding hydrogens is 214 g/mol. The first-order valence-corrected chi connectivity index (χ1v) is 6.70. The van der Waals surface area contributed by atoms with Gasteiger partial charge in [-0.3, -0.25) is 9.69 Å². The molecule has 1 amide bonds. The fourth-order valence-electron chi connectivity index (χ4n) is 3.14. The molecule has 0 N–H and O–H groups in total. The highest BCUT2D eigenvalue weighted by atomic mass is 16.2. The Morgan fingerprint density at radius 3 is 2.76 bits per heavy atom. The van der Waals surface area contributed by atoms with Crippen molar-refractivity contribution in [2.75, 3.05) is 26.2 Å². The number of hydrogen-bond acceptors (Lipinski definition) is 3.